The van der Waals surface area contributed by atoms with Crippen molar-refractivity contribution in [3.63, 3.8) is 0 Å². The Kier molecular flexibility index (Phi) is 8.27. The van der Waals surface area contributed by atoms with Gasteiger partial charge in [-0.05, 0) is 44.2 Å². The topological polar surface area (TPSA) is 105 Å². The van der Waals surface area contributed by atoms with E-state index in [2.05, 4.69) is 9.71 Å². The molecular weight excluding hydrogens is 400 g/mol. The number of amides is 1. The van der Waals surface area contributed by atoms with Gasteiger partial charge in [0, 0.05) is 37.7 Å². The summed E-state index contributed by atoms with van der Waals surface area (Å²) >= 11 is 0. The molecule has 156 valence electrons. The van der Waals surface area contributed by atoms with Gasteiger partial charge in [0.05, 0.1) is 4.90 Å². The second-order valence-corrected chi connectivity index (χ2v) is 8.77. The summed E-state index contributed by atoms with van der Waals surface area (Å²) in [6.07, 6.45) is 6.30. The fraction of sp³-hybridized carbons (Fsp3) is 0.579. The van der Waals surface area contributed by atoms with Crippen LogP contribution in [0.25, 0.3) is 0 Å². The molecular formula is C19H29ClN4O3S. The first-order chi connectivity index (χ1) is 13.0. The van der Waals surface area contributed by atoms with Crippen molar-refractivity contribution in [3.8, 4) is 0 Å². The molecule has 1 amide bonds. The molecule has 1 atom stereocenters. The maximum absolute atomic E-state index is 12.4. The Bertz CT molecular complexity index is 813. The van der Waals surface area contributed by atoms with Gasteiger partial charge >= 0.3 is 0 Å². The number of carbonyl (C=O) groups excluding carboxylic acids is 1. The zero-order valence-electron chi connectivity index (χ0n) is 16.0. The molecule has 0 spiro atoms. The Hall–Kier alpha value is -1.64. The summed E-state index contributed by atoms with van der Waals surface area (Å²) in [4.78, 5) is 19.0. The van der Waals surface area contributed by atoms with Gasteiger partial charge in [-0.15, -0.1) is 12.4 Å². The summed E-state index contributed by atoms with van der Waals surface area (Å²) < 4.78 is 26.6. The zero-order valence-corrected chi connectivity index (χ0v) is 17.6. The van der Waals surface area contributed by atoms with Crippen LogP contribution in [0.1, 0.15) is 50.5 Å². The van der Waals surface area contributed by atoms with Crippen LogP contribution in [0.15, 0.2) is 34.2 Å². The van der Waals surface area contributed by atoms with Gasteiger partial charge in [-0.2, -0.15) is 0 Å². The molecule has 0 bridgehead atoms. The molecule has 2 heterocycles. The lowest BCUT2D eigenvalue weighted by atomic mass is 10.0. The molecule has 1 unspecified atom stereocenters. The quantitative estimate of drug-likeness (QED) is 0.648. The Morgan fingerprint density at radius 1 is 1.21 bits per heavy atom. The first-order valence-electron chi connectivity index (χ1n) is 9.69. The van der Waals surface area contributed by atoms with E-state index in [9.17, 15) is 13.2 Å². The molecule has 0 radical (unpaired) electrons. The van der Waals surface area contributed by atoms with E-state index in [1.54, 1.807) is 24.3 Å². The number of hydrogen-bond donors (Lipinski definition) is 2. The number of aliphatic imine (C=N–C) groups is 1. The molecule has 7 nitrogen and oxygen atoms in total. The van der Waals surface area contributed by atoms with Crippen LogP contribution in [0.3, 0.4) is 0 Å². The lowest BCUT2D eigenvalue weighted by molar-refractivity contribution is -0.134. The first-order valence-corrected chi connectivity index (χ1v) is 11.2. The predicted octanol–water partition coefficient (Wildman–Crippen LogP) is 2.05. The standard InChI is InChI=1S/C19H28N4O3S.ClH/c20-14-15-8-5-7-13-23(15)18(24)11-2-1-6-12-21-19-16-9-3-4-10-17(16)27(25,26)22-19;/h3-4,9-10,15H,1-2,5-8,11-14,20H2,(H,21,22);1H. The van der Waals surface area contributed by atoms with Gasteiger partial charge < -0.3 is 10.6 Å². The number of halogens is 1. The number of fused-ring (bicyclic) bond motifs is 1. The minimum absolute atomic E-state index is 0. The van der Waals surface area contributed by atoms with E-state index in [0.29, 0.717) is 30.9 Å². The molecule has 0 aliphatic carbocycles. The number of likely N-dealkylation sites (tertiary alicyclic amines) is 1. The summed E-state index contributed by atoms with van der Waals surface area (Å²) in [7, 11) is -3.47. The molecule has 1 aromatic rings. The number of hydrogen-bond acceptors (Lipinski definition) is 5. The minimum Gasteiger partial charge on any atom is -0.338 e. The van der Waals surface area contributed by atoms with E-state index in [-0.39, 0.29) is 29.3 Å². The average Bonchev–Trinajstić information content (AvgIpc) is 2.95. The molecule has 9 heteroatoms. The lowest BCUT2D eigenvalue weighted by Gasteiger charge is -2.35. The van der Waals surface area contributed by atoms with Gasteiger partial charge in [0.1, 0.15) is 5.84 Å². The van der Waals surface area contributed by atoms with E-state index in [0.717, 1.165) is 45.1 Å². The highest BCUT2D eigenvalue weighted by molar-refractivity contribution is 7.90. The summed E-state index contributed by atoms with van der Waals surface area (Å²) in [5.74, 6) is 0.620. The third kappa shape index (κ3) is 5.24. The number of rotatable bonds is 7. The maximum Gasteiger partial charge on any atom is 0.263 e. The zero-order chi connectivity index (χ0) is 19.3. The number of sulfonamides is 1. The number of piperidine rings is 1. The van der Waals surface area contributed by atoms with Crippen LogP contribution in [0.5, 0.6) is 0 Å². The smallest absolute Gasteiger partial charge is 0.263 e. The van der Waals surface area contributed by atoms with Crippen molar-refractivity contribution >= 4 is 34.2 Å². The van der Waals surface area contributed by atoms with E-state index in [1.807, 2.05) is 4.90 Å². The van der Waals surface area contributed by atoms with Gasteiger partial charge in [0.15, 0.2) is 0 Å². The van der Waals surface area contributed by atoms with Crippen LogP contribution in [0, 0.1) is 0 Å². The SMILES string of the molecule is Cl.NCC1CCCCN1C(=O)CCCCCN=C1NS(=O)(=O)c2ccccc21. The van der Waals surface area contributed by atoms with Crippen molar-refractivity contribution in [2.75, 3.05) is 19.6 Å². The van der Waals surface area contributed by atoms with Gasteiger partial charge in [-0.3, -0.25) is 14.5 Å². The van der Waals surface area contributed by atoms with E-state index >= 15 is 0 Å². The third-order valence-corrected chi connectivity index (χ3v) is 6.60. The second kappa shape index (κ2) is 10.2. The number of carbonyl (C=O) groups is 1. The van der Waals surface area contributed by atoms with E-state index in [1.165, 1.54) is 0 Å². The summed E-state index contributed by atoms with van der Waals surface area (Å²) in [6, 6.07) is 7.05. The van der Waals surface area contributed by atoms with Crippen molar-refractivity contribution in [1.82, 2.24) is 9.62 Å². The highest BCUT2D eigenvalue weighted by atomic mass is 35.5. The Morgan fingerprint density at radius 3 is 2.79 bits per heavy atom. The molecule has 2 aliphatic rings. The average molecular weight is 429 g/mol. The first kappa shape index (κ1) is 22.6. The number of nitrogens with one attached hydrogen (secondary N) is 1. The van der Waals surface area contributed by atoms with Crippen molar-refractivity contribution in [2.24, 2.45) is 10.7 Å². The fourth-order valence-corrected chi connectivity index (χ4v) is 4.98. The van der Waals surface area contributed by atoms with Crippen LogP contribution in [-0.2, 0) is 14.8 Å². The van der Waals surface area contributed by atoms with Crippen molar-refractivity contribution in [1.29, 1.82) is 0 Å². The van der Waals surface area contributed by atoms with Crippen molar-refractivity contribution in [2.45, 2.75) is 55.9 Å². The van der Waals surface area contributed by atoms with Crippen LogP contribution >= 0.6 is 12.4 Å². The van der Waals surface area contributed by atoms with Gasteiger partial charge in [-0.1, -0.05) is 18.6 Å². The van der Waals surface area contributed by atoms with Crippen LogP contribution in [0.4, 0.5) is 0 Å². The second-order valence-electron chi connectivity index (χ2n) is 7.12. The highest BCUT2D eigenvalue weighted by Crippen LogP contribution is 2.22. The molecule has 0 saturated carbocycles. The molecule has 3 rings (SSSR count). The normalized spacial score (nSPS) is 21.7. The fourth-order valence-electron chi connectivity index (χ4n) is 3.72. The monoisotopic (exact) mass is 428 g/mol. The summed E-state index contributed by atoms with van der Waals surface area (Å²) in [5, 5.41) is 0. The predicted molar refractivity (Wildman–Crippen MR) is 112 cm³/mol. The molecule has 0 aromatic heterocycles. The van der Waals surface area contributed by atoms with Crippen molar-refractivity contribution < 1.29 is 13.2 Å². The third-order valence-electron chi connectivity index (χ3n) is 5.20. The Morgan fingerprint density at radius 2 is 2.00 bits per heavy atom. The number of nitrogens with zero attached hydrogens (tertiary/aromatic N) is 2. The van der Waals surface area contributed by atoms with Gasteiger partial charge in [0.25, 0.3) is 10.0 Å². The van der Waals surface area contributed by atoms with Gasteiger partial charge in [0.2, 0.25) is 5.91 Å². The number of unbranched alkanes of at least 4 members (excludes halogenated alkanes) is 2. The molecule has 28 heavy (non-hydrogen) atoms. The number of nitrogens with two attached hydrogens (primary N) is 1. The Labute approximate surface area is 173 Å². The largest absolute Gasteiger partial charge is 0.338 e. The van der Waals surface area contributed by atoms with Crippen LogP contribution in [0.2, 0.25) is 0 Å². The lowest BCUT2D eigenvalue weighted by Crippen LogP contribution is -2.47. The molecule has 1 fully saturated rings. The minimum atomic E-state index is -3.47. The Balaban J connectivity index is 0.00000280. The molecule has 3 N–H and O–H groups in total. The molecule has 2 aliphatic heterocycles. The summed E-state index contributed by atoms with van der Waals surface area (Å²) in [6.45, 7) is 1.91. The number of benzene rings is 1. The molecule has 1 saturated heterocycles. The van der Waals surface area contributed by atoms with Crippen LogP contribution < -0.4 is 10.5 Å². The van der Waals surface area contributed by atoms with Gasteiger partial charge in [-0.25, -0.2) is 8.42 Å². The van der Waals surface area contributed by atoms with Crippen molar-refractivity contribution in [3.05, 3.63) is 29.8 Å². The van der Waals surface area contributed by atoms with E-state index < -0.39 is 10.0 Å². The van der Waals surface area contributed by atoms with E-state index in [4.69, 9.17) is 5.73 Å². The maximum atomic E-state index is 12.4. The summed E-state index contributed by atoms with van der Waals surface area (Å²) in [5.41, 5.74) is 6.41. The molecule has 1 aromatic carbocycles. The number of amidine groups is 1. The highest BCUT2D eigenvalue weighted by Gasteiger charge is 2.30. The van der Waals surface area contributed by atoms with Crippen LogP contribution in [-0.4, -0.2) is 50.7 Å².